The fraction of sp³-hybridized carbons (Fsp3) is 0.0588. The minimum atomic E-state index is -0.210. The maximum atomic E-state index is 12.5. The molecular weight excluding hydrogens is 268 g/mol. The molecule has 0 saturated heterocycles. The molecule has 104 valence electrons. The highest BCUT2D eigenvalue weighted by Gasteiger charge is 2.26. The quantitative estimate of drug-likeness (QED) is 0.918. The molecule has 2 aromatic rings. The molecule has 21 heavy (non-hydrogen) atoms. The average Bonchev–Trinajstić information content (AvgIpc) is 2.51. The fourth-order valence-corrected chi connectivity index (χ4v) is 2.38. The van der Waals surface area contributed by atoms with E-state index in [2.05, 4.69) is 0 Å². The van der Waals surface area contributed by atoms with Crippen LogP contribution in [-0.2, 0) is 0 Å². The monoisotopic (exact) mass is 280 g/mol. The number of rotatable bonds is 2. The number of fused-ring (bicyclic) bond motifs is 1. The van der Waals surface area contributed by atoms with Crippen LogP contribution < -0.4 is 4.74 Å². The number of ketones is 2. The molecule has 0 aliphatic heterocycles. The zero-order chi connectivity index (χ0) is 15.0. The third kappa shape index (κ3) is 2.10. The lowest BCUT2D eigenvalue weighted by Crippen LogP contribution is -2.16. The number of methoxy groups -OCH3 is 1. The molecule has 1 aliphatic rings. The van der Waals surface area contributed by atoms with Crippen LogP contribution in [0.2, 0.25) is 0 Å². The maximum absolute atomic E-state index is 12.5. The SMILES string of the molecule is COc1cc(C2=CC(=O)c3ccccc3C2=O)ccc1O. The largest absolute Gasteiger partial charge is 0.504 e. The molecule has 0 aromatic heterocycles. The lowest BCUT2D eigenvalue weighted by molar-refractivity contribution is 0.100. The number of ether oxygens (including phenoxy) is 1. The van der Waals surface area contributed by atoms with Crippen molar-refractivity contribution in [3.8, 4) is 11.5 Å². The lowest BCUT2D eigenvalue weighted by atomic mass is 9.86. The summed E-state index contributed by atoms with van der Waals surface area (Å²) in [7, 11) is 1.43. The van der Waals surface area contributed by atoms with Crippen molar-refractivity contribution in [2.24, 2.45) is 0 Å². The first-order valence-corrected chi connectivity index (χ1v) is 6.39. The molecule has 0 fully saturated rings. The Bertz CT molecular complexity index is 787. The van der Waals surface area contributed by atoms with Crippen molar-refractivity contribution in [3.05, 3.63) is 65.2 Å². The molecule has 0 bridgehead atoms. The fourth-order valence-electron chi connectivity index (χ4n) is 2.38. The summed E-state index contributed by atoms with van der Waals surface area (Å²) in [5, 5.41) is 9.61. The zero-order valence-corrected chi connectivity index (χ0v) is 11.3. The molecule has 0 radical (unpaired) electrons. The summed E-state index contributed by atoms with van der Waals surface area (Å²) in [6.07, 6.45) is 1.33. The minimum absolute atomic E-state index is 0.0168. The Labute approximate surface area is 121 Å². The second-order valence-corrected chi connectivity index (χ2v) is 4.68. The smallest absolute Gasteiger partial charge is 0.194 e. The van der Waals surface area contributed by atoms with Crippen LogP contribution in [0.15, 0.2) is 48.5 Å². The number of allylic oxidation sites excluding steroid dienone is 2. The van der Waals surface area contributed by atoms with E-state index >= 15 is 0 Å². The van der Waals surface area contributed by atoms with Crippen molar-refractivity contribution in [2.45, 2.75) is 0 Å². The molecule has 1 N–H and O–H groups in total. The normalized spacial score (nSPS) is 13.7. The highest BCUT2D eigenvalue weighted by Crippen LogP contribution is 2.33. The van der Waals surface area contributed by atoms with Crippen molar-refractivity contribution in [1.29, 1.82) is 0 Å². The lowest BCUT2D eigenvalue weighted by Gasteiger charge is -2.15. The zero-order valence-electron chi connectivity index (χ0n) is 11.3. The van der Waals surface area contributed by atoms with Crippen LogP contribution in [-0.4, -0.2) is 23.8 Å². The van der Waals surface area contributed by atoms with E-state index in [1.165, 1.54) is 19.3 Å². The Morgan fingerprint density at radius 1 is 1.00 bits per heavy atom. The van der Waals surface area contributed by atoms with E-state index < -0.39 is 0 Å². The minimum Gasteiger partial charge on any atom is -0.504 e. The predicted molar refractivity (Wildman–Crippen MR) is 77.7 cm³/mol. The van der Waals surface area contributed by atoms with Gasteiger partial charge in [-0.2, -0.15) is 0 Å². The summed E-state index contributed by atoms with van der Waals surface area (Å²) >= 11 is 0. The molecule has 0 unspecified atom stereocenters. The summed E-state index contributed by atoms with van der Waals surface area (Å²) in [5.41, 5.74) is 1.65. The summed E-state index contributed by atoms with van der Waals surface area (Å²) in [4.78, 5) is 24.7. The van der Waals surface area contributed by atoms with Gasteiger partial charge < -0.3 is 9.84 Å². The van der Waals surface area contributed by atoms with Crippen molar-refractivity contribution < 1.29 is 19.4 Å². The van der Waals surface area contributed by atoms with Crippen LogP contribution in [0.4, 0.5) is 0 Å². The molecule has 0 spiro atoms. The summed E-state index contributed by atoms with van der Waals surface area (Å²) in [5.74, 6) is -0.172. The predicted octanol–water partition coefficient (Wildman–Crippen LogP) is 2.86. The number of hydrogen-bond donors (Lipinski definition) is 1. The van der Waals surface area contributed by atoms with E-state index in [9.17, 15) is 14.7 Å². The van der Waals surface area contributed by atoms with Gasteiger partial charge in [0, 0.05) is 16.7 Å². The van der Waals surface area contributed by atoms with Gasteiger partial charge >= 0.3 is 0 Å². The number of Topliss-reactive ketones (excluding diaryl/α,β-unsaturated/α-hetero) is 1. The van der Waals surface area contributed by atoms with Crippen LogP contribution in [0.25, 0.3) is 5.57 Å². The summed E-state index contributed by atoms with van der Waals surface area (Å²) in [6, 6.07) is 11.3. The second-order valence-electron chi connectivity index (χ2n) is 4.68. The van der Waals surface area contributed by atoms with E-state index in [0.29, 0.717) is 22.3 Å². The van der Waals surface area contributed by atoms with Gasteiger partial charge in [0.1, 0.15) is 0 Å². The van der Waals surface area contributed by atoms with Crippen LogP contribution in [0.3, 0.4) is 0 Å². The number of phenolic OH excluding ortho intramolecular Hbond substituents is 1. The molecular formula is C17H12O4. The third-order valence-corrected chi connectivity index (χ3v) is 3.45. The van der Waals surface area contributed by atoms with Crippen molar-refractivity contribution in [1.82, 2.24) is 0 Å². The topological polar surface area (TPSA) is 63.6 Å². The first-order chi connectivity index (χ1) is 10.1. The Kier molecular flexibility index (Phi) is 3.06. The first-order valence-electron chi connectivity index (χ1n) is 6.39. The standard InChI is InChI=1S/C17H12O4/c1-21-16-8-10(6-7-14(16)18)13-9-15(19)11-4-2-3-5-12(11)17(13)20/h2-9,18H,1H3. The number of aromatic hydroxyl groups is 1. The Morgan fingerprint density at radius 3 is 2.43 bits per heavy atom. The number of benzene rings is 2. The van der Waals surface area contributed by atoms with E-state index in [4.69, 9.17) is 4.74 Å². The van der Waals surface area contributed by atoms with Gasteiger partial charge in [-0.15, -0.1) is 0 Å². The number of phenols is 1. The maximum Gasteiger partial charge on any atom is 0.194 e. The molecule has 0 saturated carbocycles. The number of carbonyl (C=O) groups is 2. The van der Waals surface area contributed by atoms with Crippen LogP contribution >= 0.6 is 0 Å². The summed E-state index contributed by atoms with van der Waals surface area (Å²) in [6.45, 7) is 0. The van der Waals surface area contributed by atoms with Crippen LogP contribution in [0.5, 0.6) is 11.5 Å². The van der Waals surface area contributed by atoms with Crippen molar-refractivity contribution in [3.63, 3.8) is 0 Å². The van der Waals surface area contributed by atoms with E-state index in [0.717, 1.165) is 0 Å². The van der Waals surface area contributed by atoms with Crippen LogP contribution in [0.1, 0.15) is 26.3 Å². The summed E-state index contributed by atoms with van der Waals surface area (Å²) < 4.78 is 5.03. The number of hydrogen-bond acceptors (Lipinski definition) is 4. The Morgan fingerprint density at radius 2 is 1.71 bits per heavy atom. The van der Waals surface area contributed by atoms with E-state index in [1.54, 1.807) is 36.4 Å². The van der Waals surface area contributed by atoms with Crippen LogP contribution in [0, 0.1) is 0 Å². The molecule has 4 heteroatoms. The van der Waals surface area contributed by atoms with Gasteiger partial charge in [-0.25, -0.2) is 0 Å². The van der Waals surface area contributed by atoms with Gasteiger partial charge in [0.15, 0.2) is 23.1 Å². The van der Waals surface area contributed by atoms with Crippen molar-refractivity contribution in [2.75, 3.05) is 7.11 Å². The van der Waals surface area contributed by atoms with Gasteiger partial charge in [0.2, 0.25) is 0 Å². The highest BCUT2D eigenvalue weighted by molar-refractivity contribution is 6.38. The van der Waals surface area contributed by atoms with Gasteiger partial charge in [0.25, 0.3) is 0 Å². The molecule has 0 amide bonds. The molecule has 2 aromatic carbocycles. The average molecular weight is 280 g/mol. The molecule has 0 atom stereocenters. The molecule has 0 heterocycles. The van der Waals surface area contributed by atoms with Crippen molar-refractivity contribution >= 4 is 17.1 Å². The highest BCUT2D eigenvalue weighted by atomic mass is 16.5. The first kappa shape index (κ1) is 13.1. The third-order valence-electron chi connectivity index (χ3n) is 3.45. The second kappa shape index (κ2) is 4.90. The Balaban J connectivity index is 2.12. The van der Waals surface area contributed by atoms with Gasteiger partial charge in [-0.3, -0.25) is 9.59 Å². The number of carbonyl (C=O) groups excluding carboxylic acids is 2. The molecule has 4 nitrogen and oxygen atoms in total. The van der Waals surface area contributed by atoms with Gasteiger partial charge in [-0.1, -0.05) is 30.3 Å². The van der Waals surface area contributed by atoms with E-state index in [-0.39, 0.29) is 23.1 Å². The molecule has 3 rings (SSSR count). The van der Waals surface area contributed by atoms with Gasteiger partial charge in [0.05, 0.1) is 7.11 Å². The Hall–Kier alpha value is -2.88. The van der Waals surface area contributed by atoms with E-state index in [1.807, 2.05) is 0 Å². The van der Waals surface area contributed by atoms with Gasteiger partial charge in [-0.05, 0) is 23.8 Å². The molecule has 1 aliphatic carbocycles.